The Balaban J connectivity index is 1.43. The Hall–Kier alpha value is -3.45. The highest BCUT2D eigenvalue weighted by Gasteiger charge is 2.36. The maximum atomic E-state index is 12.9. The summed E-state index contributed by atoms with van der Waals surface area (Å²) in [7, 11) is 3.17. The second kappa shape index (κ2) is 11.8. The van der Waals surface area contributed by atoms with Crippen LogP contribution in [-0.4, -0.2) is 38.3 Å². The molecular formula is C28H30N2O4S. The number of nitrogens with one attached hydrogen (secondary N) is 1. The Morgan fingerprint density at radius 2 is 1.83 bits per heavy atom. The number of hydrogen-bond acceptors (Lipinski definition) is 5. The molecule has 0 saturated carbocycles. The van der Waals surface area contributed by atoms with E-state index in [1.807, 2.05) is 42.5 Å². The molecule has 0 bridgehead atoms. The fraction of sp³-hybridized carbons (Fsp3) is 0.286. The van der Waals surface area contributed by atoms with E-state index in [-0.39, 0.29) is 17.2 Å². The highest BCUT2D eigenvalue weighted by molar-refractivity contribution is 8.00. The first-order chi connectivity index (χ1) is 17.1. The highest BCUT2D eigenvalue weighted by atomic mass is 32.2. The van der Waals surface area contributed by atoms with Gasteiger partial charge in [-0.1, -0.05) is 42.5 Å². The average Bonchev–Trinajstić information content (AvgIpc) is 3.29. The van der Waals surface area contributed by atoms with Crippen LogP contribution in [0.25, 0.3) is 0 Å². The lowest BCUT2D eigenvalue weighted by Crippen LogP contribution is -2.29. The van der Waals surface area contributed by atoms with Gasteiger partial charge in [-0.3, -0.25) is 14.5 Å². The van der Waals surface area contributed by atoms with Gasteiger partial charge in [0.25, 0.3) is 5.91 Å². The molecule has 3 aromatic carbocycles. The molecule has 1 heterocycles. The van der Waals surface area contributed by atoms with E-state index in [4.69, 9.17) is 9.47 Å². The number of benzene rings is 3. The summed E-state index contributed by atoms with van der Waals surface area (Å²) < 4.78 is 10.9. The molecule has 0 spiro atoms. The number of hydrogen-bond donors (Lipinski definition) is 1. The maximum absolute atomic E-state index is 12.9. The Bertz CT molecular complexity index is 1170. The Morgan fingerprint density at radius 3 is 2.60 bits per heavy atom. The third-order valence-electron chi connectivity index (χ3n) is 5.97. The van der Waals surface area contributed by atoms with Crippen LogP contribution in [0.5, 0.6) is 11.5 Å². The smallest absolute Gasteiger partial charge is 0.251 e. The Morgan fingerprint density at radius 1 is 1.00 bits per heavy atom. The predicted octanol–water partition coefficient (Wildman–Crippen LogP) is 5.24. The van der Waals surface area contributed by atoms with Gasteiger partial charge in [-0.05, 0) is 54.7 Å². The average molecular weight is 491 g/mol. The summed E-state index contributed by atoms with van der Waals surface area (Å²) in [6.45, 7) is 0.625. The number of rotatable bonds is 10. The summed E-state index contributed by atoms with van der Waals surface area (Å²) in [5, 5.41) is 2.76. The molecule has 0 aromatic heterocycles. The van der Waals surface area contributed by atoms with Gasteiger partial charge in [0, 0.05) is 18.2 Å². The number of aryl methyl sites for hydroxylation is 1. The van der Waals surface area contributed by atoms with Gasteiger partial charge in [-0.25, -0.2) is 0 Å². The summed E-state index contributed by atoms with van der Waals surface area (Å²) in [5.74, 6) is 1.47. The molecule has 1 atom stereocenters. The van der Waals surface area contributed by atoms with Crippen molar-refractivity contribution < 1.29 is 19.1 Å². The molecule has 35 heavy (non-hydrogen) atoms. The minimum absolute atomic E-state index is 0.0141. The van der Waals surface area contributed by atoms with E-state index in [2.05, 4.69) is 17.4 Å². The van der Waals surface area contributed by atoms with E-state index < -0.39 is 0 Å². The van der Waals surface area contributed by atoms with Gasteiger partial charge in [0.2, 0.25) is 5.91 Å². The number of amides is 2. The van der Waals surface area contributed by atoms with Gasteiger partial charge >= 0.3 is 0 Å². The van der Waals surface area contributed by atoms with E-state index in [9.17, 15) is 9.59 Å². The van der Waals surface area contributed by atoms with Gasteiger partial charge in [0.1, 0.15) is 16.9 Å². The highest BCUT2D eigenvalue weighted by Crippen LogP contribution is 2.46. The van der Waals surface area contributed by atoms with Gasteiger partial charge in [-0.15, -0.1) is 11.8 Å². The first-order valence-corrected chi connectivity index (χ1v) is 12.7. The molecule has 0 aliphatic carbocycles. The van der Waals surface area contributed by atoms with Crippen molar-refractivity contribution in [2.24, 2.45) is 0 Å². The number of thioether (sulfide) groups is 1. The number of unbranched alkanes of at least 4 members (excludes halogenated alkanes) is 1. The van der Waals surface area contributed by atoms with E-state index in [0.29, 0.717) is 35.0 Å². The molecule has 7 heteroatoms. The number of ether oxygens (including phenoxy) is 2. The molecular weight excluding hydrogens is 460 g/mol. The quantitative estimate of drug-likeness (QED) is 0.394. The fourth-order valence-electron chi connectivity index (χ4n) is 4.15. The zero-order valence-corrected chi connectivity index (χ0v) is 20.8. The number of nitrogens with zero attached hydrogens (tertiary/aromatic N) is 1. The number of carbonyl (C=O) groups is 2. The van der Waals surface area contributed by atoms with Crippen molar-refractivity contribution in [1.29, 1.82) is 0 Å². The lowest BCUT2D eigenvalue weighted by Gasteiger charge is -2.26. The molecule has 1 N–H and O–H groups in total. The molecule has 1 saturated heterocycles. The fourth-order valence-corrected chi connectivity index (χ4v) is 5.31. The predicted molar refractivity (Wildman–Crippen MR) is 140 cm³/mol. The summed E-state index contributed by atoms with van der Waals surface area (Å²) in [6, 6.07) is 23.3. The topological polar surface area (TPSA) is 67.9 Å². The third kappa shape index (κ3) is 5.98. The second-order valence-corrected chi connectivity index (χ2v) is 9.36. The van der Waals surface area contributed by atoms with Crippen molar-refractivity contribution >= 4 is 29.3 Å². The lowest BCUT2D eigenvalue weighted by atomic mass is 10.1. The summed E-state index contributed by atoms with van der Waals surface area (Å²) in [4.78, 5) is 27.4. The minimum atomic E-state index is -0.262. The molecule has 1 aliphatic heterocycles. The normalized spacial score (nSPS) is 15.2. The standard InChI is InChI=1S/C28H30N2O4S/c1-33-23-14-15-25(34-2)24(18-23)30-26(31)19-35-28(30)22-13-8-12-21(17-22)27(32)29-16-7-6-11-20-9-4-3-5-10-20/h3-5,8-10,12-15,17-18,28H,6-7,11,16,19H2,1-2H3,(H,29,32). The monoisotopic (exact) mass is 490 g/mol. The number of carbonyl (C=O) groups excluding carboxylic acids is 2. The van der Waals surface area contributed by atoms with E-state index >= 15 is 0 Å². The van der Waals surface area contributed by atoms with E-state index in [1.54, 1.807) is 37.3 Å². The van der Waals surface area contributed by atoms with Gasteiger partial charge in [0.15, 0.2) is 0 Å². The molecule has 1 fully saturated rings. The molecule has 6 nitrogen and oxygen atoms in total. The van der Waals surface area contributed by atoms with Crippen molar-refractivity contribution in [3.8, 4) is 11.5 Å². The van der Waals surface area contributed by atoms with Crippen LogP contribution in [0.15, 0.2) is 72.8 Å². The van der Waals surface area contributed by atoms with E-state index in [1.165, 1.54) is 17.3 Å². The van der Waals surface area contributed by atoms with Gasteiger partial charge < -0.3 is 14.8 Å². The van der Waals surface area contributed by atoms with Crippen molar-refractivity contribution in [2.45, 2.75) is 24.6 Å². The molecule has 2 amide bonds. The van der Waals surface area contributed by atoms with Crippen LogP contribution in [0, 0.1) is 0 Å². The van der Waals surface area contributed by atoms with Crippen LogP contribution < -0.4 is 19.7 Å². The van der Waals surface area contributed by atoms with Crippen LogP contribution in [0.1, 0.15) is 39.7 Å². The van der Waals surface area contributed by atoms with E-state index in [0.717, 1.165) is 24.8 Å². The summed E-state index contributed by atoms with van der Waals surface area (Å²) >= 11 is 1.53. The van der Waals surface area contributed by atoms with Gasteiger partial charge in [-0.2, -0.15) is 0 Å². The largest absolute Gasteiger partial charge is 0.497 e. The zero-order valence-electron chi connectivity index (χ0n) is 20.0. The Labute approximate surface area is 210 Å². The van der Waals surface area contributed by atoms with Crippen LogP contribution in [0.3, 0.4) is 0 Å². The minimum Gasteiger partial charge on any atom is -0.497 e. The molecule has 3 aromatic rings. The third-order valence-corrected chi connectivity index (χ3v) is 7.18. The van der Waals surface area contributed by atoms with Crippen LogP contribution in [-0.2, 0) is 11.2 Å². The first-order valence-electron chi connectivity index (χ1n) is 11.7. The zero-order chi connectivity index (χ0) is 24.6. The SMILES string of the molecule is COc1ccc(OC)c(N2C(=O)CSC2c2cccc(C(=O)NCCCCc3ccccc3)c2)c1. The van der Waals surface area contributed by atoms with Gasteiger partial charge in [0.05, 0.1) is 25.7 Å². The lowest BCUT2D eigenvalue weighted by molar-refractivity contribution is -0.115. The first kappa shape index (κ1) is 24.7. The van der Waals surface area contributed by atoms with Crippen LogP contribution in [0.2, 0.25) is 0 Å². The van der Waals surface area contributed by atoms with Crippen molar-refractivity contribution in [3.05, 3.63) is 89.5 Å². The molecule has 4 rings (SSSR count). The van der Waals surface area contributed by atoms with Crippen molar-refractivity contribution in [2.75, 3.05) is 31.4 Å². The number of methoxy groups -OCH3 is 2. The Kier molecular flexibility index (Phi) is 8.32. The van der Waals surface area contributed by atoms with Crippen LogP contribution >= 0.6 is 11.8 Å². The summed E-state index contributed by atoms with van der Waals surface area (Å²) in [6.07, 6.45) is 2.93. The van der Waals surface area contributed by atoms with Crippen molar-refractivity contribution in [3.63, 3.8) is 0 Å². The molecule has 182 valence electrons. The van der Waals surface area contributed by atoms with Crippen molar-refractivity contribution in [1.82, 2.24) is 5.32 Å². The van der Waals surface area contributed by atoms with Crippen LogP contribution in [0.4, 0.5) is 5.69 Å². The number of anilines is 1. The maximum Gasteiger partial charge on any atom is 0.251 e. The molecule has 0 radical (unpaired) electrons. The second-order valence-electron chi connectivity index (χ2n) is 8.29. The molecule has 1 aliphatic rings. The summed E-state index contributed by atoms with van der Waals surface area (Å²) in [5.41, 5.74) is 3.44. The molecule has 1 unspecified atom stereocenters.